The number of halogens is 2. The molecule has 0 radical (unpaired) electrons. The number of aromatic nitrogens is 3. The maximum Gasteiger partial charge on any atom is 0.338 e. The molecule has 1 unspecified atom stereocenters. The minimum absolute atomic E-state index is 0.116. The summed E-state index contributed by atoms with van der Waals surface area (Å²) >= 11 is 13.6. The third-order valence-electron chi connectivity index (χ3n) is 5.24. The summed E-state index contributed by atoms with van der Waals surface area (Å²) in [6, 6.07) is 12.4. The SMILES string of the molecule is C=CCOC(=O)C1=C(C)Nc2nc(SCC)nn2C1c1ccc(OCc2ccc(Cl)c(Cl)c2)cc1. The second-order valence-corrected chi connectivity index (χ2v) is 9.70. The molecule has 3 aromatic rings. The second-order valence-electron chi connectivity index (χ2n) is 7.66. The van der Waals surface area contributed by atoms with E-state index in [0.717, 1.165) is 16.9 Å². The van der Waals surface area contributed by atoms with Gasteiger partial charge in [-0.3, -0.25) is 0 Å². The van der Waals surface area contributed by atoms with Gasteiger partial charge >= 0.3 is 5.97 Å². The zero-order valence-electron chi connectivity index (χ0n) is 19.3. The Kier molecular flexibility index (Phi) is 8.05. The van der Waals surface area contributed by atoms with Crippen molar-refractivity contribution in [3.05, 3.63) is 87.6 Å². The lowest BCUT2D eigenvalue weighted by molar-refractivity contribution is -0.138. The summed E-state index contributed by atoms with van der Waals surface area (Å²) in [5, 5.41) is 9.45. The fourth-order valence-electron chi connectivity index (χ4n) is 3.65. The molecule has 0 amide bonds. The Morgan fingerprint density at radius 2 is 2.00 bits per heavy atom. The topological polar surface area (TPSA) is 78.3 Å². The number of allylic oxidation sites excluding steroid dienone is 1. The van der Waals surface area contributed by atoms with Gasteiger partial charge in [-0.15, -0.1) is 5.10 Å². The fraction of sp³-hybridized carbons (Fsp3) is 0.240. The van der Waals surface area contributed by atoms with Gasteiger partial charge in [0.1, 0.15) is 25.0 Å². The maximum absolute atomic E-state index is 13.0. The summed E-state index contributed by atoms with van der Waals surface area (Å²) in [7, 11) is 0. The first-order valence-corrected chi connectivity index (χ1v) is 12.7. The molecular weight excluding hydrogens is 507 g/mol. The van der Waals surface area contributed by atoms with Gasteiger partial charge in [0.15, 0.2) is 0 Å². The van der Waals surface area contributed by atoms with Crippen LogP contribution in [0.15, 0.2) is 71.5 Å². The van der Waals surface area contributed by atoms with Crippen LogP contribution in [-0.2, 0) is 16.1 Å². The standard InChI is InChI=1S/C25H24Cl2N4O3S/c1-4-12-33-23(32)21-15(3)28-24-29-25(35-5-2)30-31(24)22(21)17-7-9-18(10-8-17)34-14-16-6-11-19(26)20(27)13-16/h4,6-11,13,22H,1,5,12,14H2,2-3H3,(H,28,29,30). The first-order chi connectivity index (χ1) is 16.9. The lowest BCUT2D eigenvalue weighted by atomic mass is 9.96. The molecule has 1 atom stereocenters. The third kappa shape index (κ3) is 5.66. The molecule has 10 heteroatoms. The van der Waals surface area contributed by atoms with Crippen LogP contribution in [0, 0.1) is 0 Å². The van der Waals surface area contributed by atoms with Gasteiger partial charge in [-0.1, -0.05) is 72.7 Å². The van der Waals surface area contributed by atoms with Gasteiger partial charge in [-0.05, 0) is 48.1 Å². The van der Waals surface area contributed by atoms with Gasteiger partial charge in [0.25, 0.3) is 0 Å². The van der Waals surface area contributed by atoms with Crippen molar-refractivity contribution in [2.75, 3.05) is 17.7 Å². The van der Waals surface area contributed by atoms with E-state index in [9.17, 15) is 4.79 Å². The molecule has 0 aliphatic carbocycles. The first kappa shape index (κ1) is 25.2. The lowest BCUT2D eigenvalue weighted by Crippen LogP contribution is -2.29. The molecule has 0 fully saturated rings. The molecule has 35 heavy (non-hydrogen) atoms. The average Bonchev–Trinajstić information content (AvgIpc) is 3.25. The number of esters is 1. The average molecular weight is 531 g/mol. The van der Waals surface area contributed by atoms with E-state index in [-0.39, 0.29) is 6.61 Å². The van der Waals surface area contributed by atoms with Crippen molar-refractivity contribution in [3.63, 3.8) is 0 Å². The van der Waals surface area contributed by atoms with Crippen molar-refractivity contribution in [1.82, 2.24) is 14.8 Å². The molecule has 0 bridgehead atoms. The normalized spacial score (nSPS) is 14.8. The number of hydrogen-bond acceptors (Lipinski definition) is 7. The number of carbonyl (C=O) groups excluding carboxylic acids is 1. The van der Waals surface area contributed by atoms with Crippen LogP contribution in [0.1, 0.15) is 31.0 Å². The van der Waals surface area contributed by atoms with E-state index in [2.05, 4.69) is 22.0 Å². The number of benzene rings is 2. The minimum Gasteiger partial charge on any atom is -0.489 e. The van der Waals surface area contributed by atoms with Crippen LogP contribution < -0.4 is 10.1 Å². The molecule has 2 heterocycles. The summed E-state index contributed by atoms with van der Waals surface area (Å²) < 4.78 is 13.0. The summed E-state index contributed by atoms with van der Waals surface area (Å²) in [6.07, 6.45) is 1.54. The Balaban J connectivity index is 1.62. The van der Waals surface area contributed by atoms with Crippen molar-refractivity contribution >= 4 is 46.9 Å². The molecule has 1 aromatic heterocycles. The van der Waals surface area contributed by atoms with E-state index in [0.29, 0.717) is 44.8 Å². The Labute approximate surface area is 218 Å². The van der Waals surface area contributed by atoms with Gasteiger partial charge < -0.3 is 14.8 Å². The number of ether oxygens (including phenoxy) is 2. The van der Waals surface area contributed by atoms with Crippen LogP contribution in [0.3, 0.4) is 0 Å². The lowest BCUT2D eigenvalue weighted by Gasteiger charge is -2.28. The summed E-state index contributed by atoms with van der Waals surface area (Å²) in [5.74, 6) is 1.64. The quantitative estimate of drug-likeness (QED) is 0.197. The van der Waals surface area contributed by atoms with E-state index in [1.54, 1.807) is 16.8 Å². The van der Waals surface area contributed by atoms with E-state index in [4.69, 9.17) is 32.7 Å². The van der Waals surface area contributed by atoms with E-state index < -0.39 is 12.0 Å². The van der Waals surface area contributed by atoms with Gasteiger partial charge in [-0.2, -0.15) is 4.98 Å². The van der Waals surface area contributed by atoms with Crippen LogP contribution in [0.5, 0.6) is 5.75 Å². The molecule has 0 saturated carbocycles. The number of hydrogen-bond donors (Lipinski definition) is 1. The molecule has 4 rings (SSSR count). The molecular formula is C25H24Cl2N4O3S. The van der Waals surface area contributed by atoms with Gasteiger partial charge in [0.05, 0.1) is 15.6 Å². The van der Waals surface area contributed by atoms with E-state index >= 15 is 0 Å². The number of thioether (sulfide) groups is 1. The van der Waals surface area contributed by atoms with Gasteiger partial charge in [0, 0.05) is 5.70 Å². The summed E-state index contributed by atoms with van der Waals surface area (Å²) in [5.41, 5.74) is 2.87. The molecule has 7 nitrogen and oxygen atoms in total. The predicted octanol–water partition coefficient (Wildman–Crippen LogP) is 6.29. The van der Waals surface area contributed by atoms with Gasteiger partial charge in [-0.25, -0.2) is 9.48 Å². The van der Waals surface area contributed by atoms with Crippen molar-refractivity contribution < 1.29 is 14.3 Å². The van der Waals surface area contributed by atoms with Crippen LogP contribution in [-0.4, -0.2) is 33.1 Å². The zero-order chi connectivity index (χ0) is 24.9. The Bertz CT molecular complexity index is 1270. The van der Waals surface area contributed by atoms with E-state index in [1.807, 2.05) is 44.2 Å². The fourth-order valence-corrected chi connectivity index (χ4v) is 4.52. The highest BCUT2D eigenvalue weighted by Gasteiger charge is 2.35. The number of rotatable bonds is 9. The first-order valence-electron chi connectivity index (χ1n) is 10.9. The summed E-state index contributed by atoms with van der Waals surface area (Å²) in [4.78, 5) is 17.6. The monoisotopic (exact) mass is 530 g/mol. The van der Waals surface area contributed by atoms with Gasteiger partial charge in [0.2, 0.25) is 11.1 Å². The molecule has 2 aromatic carbocycles. The van der Waals surface area contributed by atoms with Crippen molar-refractivity contribution in [1.29, 1.82) is 0 Å². The molecule has 182 valence electrons. The van der Waals surface area contributed by atoms with Crippen LogP contribution >= 0.6 is 35.0 Å². The van der Waals surface area contributed by atoms with Crippen LogP contribution in [0.25, 0.3) is 0 Å². The molecule has 0 saturated heterocycles. The molecule has 0 spiro atoms. The second kappa shape index (κ2) is 11.2. The number of anilines is 1. The smallest absolute Gasteiger partial charge is 0.338 e. The van der Waals surface area contributed by atoms with Crippen LogP contribution in [0.4, 0.5) is 5.95 Å². The molecule has 1 aliphatic heterocycles. The minimum atomic E-state index is -0.508. The summed E-state index contributed by atoms with van der Waals surface area (Å²) in [6.45, 7) is 7.95. The van der Waals surface area contributed by atoms with Crippen LogP contribution in [0.2, 0.25) is 10.0 Å². The Morgan fingerprint density at radius 1 is 1.23 bits per heavy atom. The largest absolute Gasteiger partial charge is 0.489 e. The predicted molar refractivity (Wildman–Crippen MR) is 139 cm³/mol. The Morgan fingerprint density at radius 3 is 2.69 bits per heavy atom. The third-order valence-corrected chi connectivity index (χ3v) is 6.70. The number of fused-ring (bicyclic) bond motifs is 1. The van der Waals surface area contributed by atoms with Crippen molar-refractivity contribution in [2.45, 2.75) is 31.7 Å². The molecule has 1 aliphatic rings. The number of nitrogens with zero attached hydrogens (tertiary/aromatic N) is 3. The maximum atomic E-state index is 13.0. The highest BCUT2D eigenvalue weighted by Crippen LogP contribution is 2.37. The number of nitrogens with one attached hydrogen (secondary N) is 1. The highest BCUT2D eigenvalue weighted by molar-refractivity contribution is 7.99. The highest BCUT2D eigenvalue weighted by atomic mass is 35.5. The zero-order valence-corrected chi connectivity index (χ0v) is 21.6. The number of carbonyl (C=O) groups is 1. The molecule has 1 N–H and O–H groups in total. The van der Waals surface area contributed by atoms with Crippen molar-refractivity contribution in [2.24, 2.45) is 0 Å². The Hall–Kier alpha value is -2.94. The van der Waals surface area contributed by atoms with Crippen molar-refractivity contribution in [3.8, 4) is 5.75 Å². The van der Waals surface area contributed by atoms with E-state index in [1.165, 1.54) is 17.8 Å².